The van der Waals surface area contributed by atoms with Crippen molar-refractivity contribution in [3.8, 4) is 0 Å². The van der Waals surface area contributed by atoms with E-state index in [2.05, 4.69) is 23.5 Å². The number of para-hydroxylation sites is 1. The smallest absolute Gasteiger partial charge is 0.295 e. The highest BCUT2D eigenvalue weighted by atomic mass is 32.2. The van der Waals surface area contributed by atoms with Crippen LogP contribution in [0.4, 0.5) is 11.4 Å². The van der Waals surface area contributed by atoms with Gasteiger partial charge in [-0.2, -0.15) is 11.8 Å². The summed E-state index contributed by atoms with van der Waals surface area (Å²) in [4.78, 5) is 14.8. The minimum absolute atomic E-state index is 0.0450. The first-order chi connectivity index (χ1) is 9.63. The van der Waals surface area contributed by atoms with E-state index in [1.807, 2.05) is 23.9 Å². The van der Waals surface area contributed by atoms with Crippen molar-refractivity contribution in [1.82, 2.24) is 4.98 Å². The van der Waals surface area contributed by atoms with E-state index >= 15 is 0 Å². The SMILES string of the molecule is CSC(C)CCNc1ccnc2c([N+](=O)[O-])cccc12. The Morgan fingerprint density at radius 1 is 1.45 bits per heavy atom. The summed E-state index contributed by atoms with van der Waals surface area (Å²) in [7, 11) is 0. The third-order valence-corrected chi connectivity index (χ3v) is 4.26. The van der Waals surface area contributed by atoms with Crippen molar-refractivity contribution in [2.45, 2.75) is 18.6 Å². The highest BCUT2D eigenvalue weighted by molar-refractivity contribution is 7.99. The normalized spacial score (nSPS) is 12.3. The van der Waals surface area contributed by atoms with Crippen molar-refractivity contribution in [2.24, 2.45) is 0 Å². The Bertz CT molecular complexity index is 618. The zero-order chi connectivity index (χ0) is 14.5. The van der Waals surface area contributed by atoms with Gasteiger partial charge in [-0.1, -0.05) is 19.1 Å². The third kappa shape index (κ3) is 3.19. The Labute approximate surface area is 121 Å². The molecule has 0 bridgehead atoms. The van der Waals surface area contributed by atoms with Crippen molar-refractivity contribution in [3.63, 3.8) is 0 Å². The molecule has 0 spiro atoms. The van der Waals surface area contributed by atoms with Crippen LogP contribution in [0.25, 0.3) is 10.9 Å². The van der Waals surface area contributed by atoms with Crippen LogP contribution in [-0.4, -0.2) is 28.0 Å². The molecule has 1 aromatic carbocycles. The molecule has 20 heavy (non-hydrogen) atoms. The molecular formula is C14H17N3O2S. The van der Waals surface area contributed by atoms with E-state index in [1.165, 1.54) is 6.07 Å². The zero-order valence-electron chi connectivity index (χ0n) is 11.5. The molecule has 0 radical (unpaired) electrons. The van der Waals surface area contributed by atoms with Crippen LogP contribution in [0.1, 0.15) is 13.3 Å². The van der Waals surface area contributed by atoms with Crippen molar-refractivity contribution in [1.29, 1.82) is 0 Å². The molecule has 1 atom stereocenters. The molecule has 0 fully saturated rings. The highest BCUT2D eigenvalue weighted by Gasteiger charge is 2.14. The summed E-state index contributed by atoms with van der Waals surface area (Å²) in [6, 6.07) is 6.89. The Hall–Kier alpha value is -1.82. The average molecular weight is 291 g/mol. The Balaban J connectivity index is 2.26. The molecule has 1 unspecified atom stereocenters. The molecule has 2 aromatic rings. The summed E-state index contributed by atoms with van der Waals surface area (Å²) >= 11 is 1.83. The maximum absolute atomic E-state index is 11.0. The second kappa shape index (κ2) is 6.56. The molecule has 0 aliphatic heterocycles. The van der Waals surface area contributed by atoms with Gasteiger partial charge in [0.05, 0.1) is 4.92 Å². The van der Waals surface area contributed by atoms with Crippen molar-refractivity contribution < 1.29 is 4.92 Å². The van der Waals surface area contributed by atoms with Crippen LogP contribution >= 0.6 is 11.8 Å². The van der Waals surface area contributed by atoms with Crippen LogP contribution < -0.4 is 5.32 Å². The summed E-state index contributed by atoms with van der Waals surface area (Å²) in [5.74, 6) is 0. The van der Waals surface area contributed by atoms with Crippen molar-refractivity contribution in [2.75, 3.05) is 18.1 Å². The van der Waals surface area contributed by atoms with E-state index in [9.17, 15) is 10.1 Å². The molecule has 0 aliphatic rings. The number of nitro groups is 1. The standard InChI is InChI=1S/C14H17N3O2S/c1-10(20-2)6-8-15-12-7-9-16-14-11(12)4-3-5-13(14)17(18)19/h3-5,7,9-10H,6,8H2,1-2H3,(H,15,16). The molecule has 1 heterocycles. The number of nitrogens with one attached hydrogen (secondary N) is 1. The van der Waals surface area contributed by atoms with E-state index in [-0.39, 0.29) is 5.69 Å². The van der Waals surface area contributed by atoms with Crippen LogP contribution in [0.2, 0.25) is 0 Å². The maximum atomic E-state index is 11.0. The molecule has 0 aliphatic carbocycles. The highest BCUT2D eigenvalue weighted by Crippen LogP contribution is 2.28. The Morgan fingerprint density at radius 3 is 2.95 bits per heavy atom. The second-order valence-electron chi connectivity index (χ2n) is 4.55. The van der Waals surface area contributed by atoms with E-state index in [4.69, 9.17) is 0 Å². The lowest BCUT2D eigenvalue weighted by molar-refractivity contribution is -0.383. The number of nitro benzene ring substituents is 1. The fraction of sp³-hybridized carbons (Fsp3) is 0.357. The zero-order valence-corrected chi connectivity index (χ0v) is 12.3. The number of nitrogens with zero attached hydrogens (tertiary/aromatic N) is 2. The quantitative estimate of drug-likeness (QED) is 0.649. The molecule has 0 amide bonds. The van der Waals surface area contributed by atoms with Gasteiger partial charge in [0.25, 0.3) is 5.69 Å². The van der Waals surface area contributed by atoms with Gasteiger partial charge in [0.1, 0.15) is 5.52 Å². The number of fused-ring (bicyclic) bond motifs is 1. The number of rotatable bonds is 6. The predicted molar refractivity (Wildman–Crippen MR) is 84.5 cm³/mol. The topological polar surface area (TPSA) is 68.1 Å². The van der Waals surface area contributed by atoms with Crippen LogP contribution in [0.3, 0.4) is 0 Å². The molecule has 6 heteroatoms. The number of hydrogen-bond donors (Lipinski definition) is 1. The molecule has 0 saturated heterocycles. The molecule has 106 valence electrons. The third-order valence-electron chi connectivity index (χ3n) is 3.22. The second-order valence-corrected chi connectivity index (χ2v) is 5.83. The fourth-order valence-electron chi connectivity index (χ4n) is 1.99. The van der Waals surface area contributed by atoms with Gasteiger partial charge < -0.3 is 5.32 Å². The molecule has 1 aromatic heterocycles. The molecule has 1 N–H and O–H groups in total. The number of benzene rings is 1. The number of anilines is 1. The Kier molecular flexibility index (Phi) is 4.79. The van der Waals surface area contributed by atoms with Gasteiger partial charge in [0.2, 0.25) is 0 Å². The van der Waals surface area contributed by atoms with E-state index < -0.39 is 4.92 Å². The summed E-state index contributed by atoms with van der Waals surface area (Å²) < 4.78 is 0. The van der Waals surface area contributed by atoms with Crippen LogP contribution in [-0.2, 0) is 0 Å². The van der Waals surface area contributed by atoms with Crippen LogP contribution in [0.5, 0.6) is 0 Å². The number of thioether (sulfide) groups is 1. The van der Waals surface area contributed by atoms with Crippen molar-refractivity contribution >= 4 is 34.0 Å². The van der Waals surface area contributed by atoms with Gasteiger partial charge >= 0.3 is 0 Å². The summed E-state index contributed by atoms with van der Waals surface area (Å²) in [6.07, 6.45) is 4.74. The van der Waals surface area contributed by atoms with Gasteiger partial charge in [-0.25, -0.2) is 4.98 Å². The molecule has 2 rings (SSSR count). The average Bonchev–Trinajstić information content (AvgIpc) is 2.46. The number of hydrogen-bond acceptors (Lipinski definition) is 5. The monoisotopic (exact) mass is 291 g/mol. The minimum Gasteiger partial charge on any atom is -0.384 e. The van der Waals surface area contributed by atoms with E-state index in [0.717, 1.165) is 24.0 Å². The number of non-ortho nitro benzene ring substituents is 1. The lowest BCUT2D eigenvalue weighted by Gasteiger charge is -2.11. The van der Waals surface area contributed by atoms with Gasteiger partial charge in [-0.3, -0.25) is 10.1 Å². The largest absolute Gasteiger partial charge is 0.384 e. The summed E-state index contributed by atoms with van der Waals surface area (Å²) in [6.45, 7) is 3.02. The molecule has 0 saturated carbocycles. The fourth-order valence-corrected chi connectivity index (χ4v) is 2.34. The lowest BCUT2D eigenvalue weighted by atomic mass is 10.1. The number of aromatic nitrogens is 1. The first-order valence-electron chi connectivity index (χ1n) is 6.42. The first kappa shape index (κ1) is 14.6. The number of pyridine rings is 1. The minimum atomic E-state index is -0.394. The Morgan fingerprint density at radius 2 is 2.25 bits per heavy atom. The van der Waals surface area contributed by atoms with Crippen LogP contribution in [0.15, 0.2) is 30.5 Å². The van der Waals surface area contributed by atoms with E-state index in [0.29, 0.717) is 10.8 Å². The summed E-state index contributed by atoms with van der Waals surface area (Å²) in [5, 5.41) is 15.7. The maximum Gasteiger partial charge on any atom is 0.295 e. The van der Waals surface area contributed by atoms with Gasteiger partial charge in [-0.15, -0.1) is 0 Å². The lowest BCUT2D eigenvalue weighted by Crippen LogP contribution is -2.08. The van der Waals surface area contributed by atoms with E-state index in [1.54, 1.807) is 12.3 Å². The van der Waals surface area contributed by atoms with Crippen molar-refractivity contribution in [3.05, 3.63) is 40.6 Å². The van der Waals surface area contributed by atoms with Crippen LogP contribution in [0, 0.1) is 10.1 Å². The van der Waals surface area contributed by atoms with Gasteiger partial charge in [0, 0.05) is 35.1 Å². The predicted octanol–water partition coefficient (Wildman–Crippen LogP) is 3.70. The van der Waals surface area contributed by atoms with Gasteiger partial charge in [-0.05, 0) is 18.7 Å². The summed E-state index contributed by atoms with van der Waals surface area (Å²) in [5.41, 5.74) is 1.37. The molecular weight excluding hydrogens is 274 g/mol. The first-order valence-corrected chi connectivity index (χ1v) is 7.71. The van der Waals surface area contributed by atoms with Gasteiger partial charge in [0.15, 0.2) is 0 Å². The molecule has 5 nitrogen and oxygen atoms in total.